The van der Waals surface area contributed by atoms with E-state index < -0.39 is 23.5 Å². The van der Waals surface area contributed by atoms with Crippen molar-refractivity contribution in [2.24, 2.45) is 0 Å². The van der Waals surface area contributed by atoms with Crippen LogP contribution in [0.4, 0.5) is 8.78 Å². The molecule has 0 amide bonds. The zero-order valence-electron chi connectivity index (χ0n) is 7.75. The van der Waals surface area contributed by atoms with Crippen LogP contribution in [0.15, 0.2) is 6.07 Å². The van der Waals surface area contributed by atoms with Crippen LogP contribution >= 0.6 is 11.6 Å². The standard InChI is InChI=1S/C9H5ClF2N2O2/c10-2-6-7(8(11)12)5(9(15)16)1-4(3-13)14-6/h1,8H,2H2,(H,15,16). The molecule has 1 aromatic heterocycles. The van der Waals surface area contributed by atoms with Crippen molar-refractivity contribution in [3.8, 4) is 6.07 Å². The van der Waals surface area contributed by atoms with Crippen molar-refractivity contribution in [3.63, 3.8) is 0 Å². The summed E-state index contributed by atoms with van der Waals surface area (Å²) in [4.78, 5) is 14.3. The third kappa shape index (κ3) is 2.25. The molecule has 0 aliphatic heterocycles. The predicted molar refractivity (Wildman–Crippen MR) is 50.4 cm³/mol. The van der Waals surface area contributed by atoms with Crippen molar-refractivity contribution in [1.82, 2.24) is 4.98 Å². The van der Waals surface area contributed by atoms with Crippen LogP contribution in [0.2, 0.25) is 0 Å². The Morgan fingerprint density at radius 1 is 1.69 bits per heavy atom. The molecule has 1 N–H and O–H groups in total. The van der Waals surface area contributed by atoms with Gasteiger partial charge in [-0.05, 0) is 6.07 Å². The molecule has 1 aromatic rings. The molecule has 0 aliphatic rings. The Hall–Kier alpha value is -1.74. The van der Waals surface area contributed by atoms with Gasteiger partial charge in [-0.2, -0.15) is 5.26 Å². The van der Waals surface area contributed by atoms with Gasteiger partial charge in [-0.1, -0.05) is 0 Å². The fourth-order valence-corrected chi connectivity index (χ4v) is 1.39. The van der Waals surface area contributed by atoms with E-state index in [9.17, 15) is 13.6 Å². The van der Waals surface area contributed by atoms with E-state index in [1.807, 2.05) is 0 Å². The van der Waals surface area contributed by atoms with Crippen LogP contribution in [0.1, 0.15) is 33.7 Å². The third-order valence-corrected chi connectivity index (χ3v) is 2.08. The number of hydrogen-bond donors (Lipinski definition) is 1. The minimum absolute atomic E-state index is 0.252. The average Bonchev–Trinajstić information content (AvgIpc) is 2.26. The quantitative estimate of drug-likeness (QED) is 0.831. The Kier molecular flexibility index (Phi) is 3.74. The van der Waals surface area contributed by atoms with E-state index in [4.69, 9.17) is 22.0 Å². The van der Waals surface area contributed by atoms with Gasteiger partial charge in [-0.25, -0.2) is 18.6 Å². The van der Waals surface area contributed by atoms with Crippen LogP contribution in [0.3, 0.4) is 0 Å². The lowest BCUT2D eigenvalue weighted by Crippen LogP contribution is -2.09. The maximum atomic E-state index is 12.6. The minimum Gasteiger partial charge on any atom is -0.478 e. The first-order valence-electron chi connectivity index (χ1n) is 4.02. The lowest BCUT2D eigenvalue weighted by atomic mass is 10.1. The van der Waals surface area contributed by atoms with Gasteiger partial charge in [0, 0.05) is 0 Å². The van der Waals surface area contributed by atoms with Crippen molar-refractivity contribution in [1.29, 1.82) is 5.26 Å². The van der Waals surface area contributed by atoms with Crippen LogP contribution in [0.5, 0.6) is 0 Å². The van der Waals surface area contributed by atoms with Crippen molar-refractivity contribution < 1.29 is 18.7 Å². The zero-order chi connectivity index (χ0) is 12.3. The van der Waals surface area contributed by atoms with E-state index in [2.05, 4.69) is 4.98 Å². The van der Waals surface area contributed by atoms with Crippen LogP contribution in [-0.4, -0.2) is 16.1 Å². The van der Waals surface area contributed by atoms with Crippen molar-refractivity contribution in [2.45, 2.75) is 12.3 Å². The first-order chi connectivity index (χ1) is 7.51. The molecule has 0 atom stereocenters. The lowest BCUT2D eigenvalue weighted by Gasteiger charge is -2.09. The molecular formula is C9H5ClF2N2O2. The summed E-state index contributed by atoms with van der Waals surface area (Å²) in [5, 5.41) is 17.3. The van der Waals surface area contributed by atoms with Gasteiger partial charge < -0.3 is 5.11 Å². The summed E-state index contributed by atoms with van der Waals surface area (Å²) in [6.45, 7) is 0. The molecular weight excluding hydrogens is 242 g/mol. The number of carboxylic acids is 1. The van der Waals surface area contributed by atoms with E-state index in [-0.39, 0.29) is 17.3 Å². The number of pyridine rings is 1. The summed E-state index contributed by atoms with van der Waals surface area (Å²) >= 11 is 5.38. The first-order valence-corrected chi connectivity index (χ1v) is 4.56. The molecule has 4 nitrogen and oxygen atoms in total. The Bertz CT molecular complexity index is 471. The number of nitriles is 1. The van der Waals surface area contributed by atoms with Crippen LogP contribution in [0, 0.1) is 11.3 Å². The minimum atomic E-state index is -3.00. The summed E-state index contributed by atoms with van der Waals surface area (Å²) in [5.74, 6) is -1.92. The highest BCUT2D eigenvalue weighted by Gasteiger charge is 2.23. The van der Waals surface area contributed by atoms with Crippen LogP contribution < -0.4 is 0 Å². The second-order valence-corrected chi connectivity index (χ2v) is 3.03. The number of nitrogens with zero attached hydrogens (tertiary/aromatic N) is 2. The zero-order valence-corrected chi connectivity index (χ0v) is 8.50. The summed E-state index contributed by atoms with van der Waals surface area (Å²) in [6, 6.07) is 2.39. The topological polar surface area (TPSA) is 74.0 Å². The number of aromatic nitrogens is 1. The SMILES string of the molecule is N#Cc1cc(C(=O)O)c(C(F)F)c(CCl)n1. The van der Waals surface area contributed by atoms with Crippen molar-refractivity contribution in [3.05, 3.63) is 28.6 Å². The summed E-state index contributed by atoms with van der Waals surface area (Å²) in [6.07, 6.45) is -3.00. The highest BCUT2D eigenvalue weighted by Crippen LogP contribution is 2.27. The van der Waals surface area contributed by atoms with Crippen molar-refractivity contribution in [2.75, 3.05) is 0 Å². The van der Waals surface area contributed by atoms with Gasteiger partial charge in [0.25, 0.3) is 6.43 Å². The summed E-state index contributed by atoms with van der Waals surface area (Å²) in [5.41, 5.74) is -1.91. The van der Waals surface area contributed by atoms with E-state index in [1.165, 1.54) is 0 Å². The van der Waals surface area contributed by atoms with E-state index in [0.717, 1.165) is 6.07 Å². The number of aromatic carboxylic acids is 1. The first kappa shape index (κ1) is 12.3. The molecule has 0 aromatic carbocycles. The molecule has 16 heavy (non-hydrogen) atoms. The number of alkyl halides is 3. The number of carbonyl (C=O) groups is 1. The van der Waals surface area contributed by atoms with Crippen LogP contribution in [-0.2, 0) is 5.88 Å². The normalized spacial score (nSPS) is 10.2. The van der Waals surface area contributed by atoms with Gasteiger partial charge in [-0.15, -0.1) is 11.6 Å². The number of rotatable bonds is 3. The second-order valence-electron chi connectivity index (χ2n) is 2.77. The molecule has 84 valence electrons. The van der Waals surface area contributed by atoms with Gasteiger partial charge >= 0.3 is 5.97 Å². The number of halogens is 3. The Balaban J connectivity index is 3.55. The smallest absolute Gasteiger partial charge is 0.336 e. The summed E-state index contributed by atoms with van der Waals surface area (Å²) in [7, 11) is 0. The number of hydrogen-bond acceptors (Lipinski definition) is 3. The summed E-state index contributed by atoms with van der Waals surface area (Å²) < 4.78 is 25.3. The van der Waals surface area contributed by atoms with Gasteiger partial charge in [0.05, 0.1) is 22.7 Å². The predicted octanol–water partition coefficient (Wildman–Crippen LogP) is 2.33. The van der Waals surface area contributed by atoms with E-state index >= 15 is 0 Å². The lowest BCUT2D eigenvalue weighted by molar-refractivity contribution is 0.0683. The highest BCUT2D eigenvalue weighted by molar-refractivity contribution is 6.17. The largest absolute Gasteiger partial charge is 0.478 e. The molecule has 7 heteroatoms. The Labute approximate surface area is 94.1 Å². The molecule has 0 radical (unpaired) electrons. The van der Waals surface area contributed by atoms with Gasteiger partial charge in [0.15, 0.2) is 0 Å². The average molecular weight is 247 g/mol. The Morgan fingerprint density at radius 2 is 2.31 bits per heavy atom. The fourth-order valence-electron chi connectivity index (χ4n) is 1.19. The fraction of sp³-hybridized carbons (Fsp3) is 0.222. The highest BCUT2D eigenvalue weighted by atomic mass is 35.5. The maximum absolute atomic E-state index is 12.6. The Morgan fingerprint density at radius 3 is 2.69 bits per heavy atom. The van der Waals surface area contributed by atoms with Gasteiger partial charge in [0.1, 0.15) is 11.8 Å². The number of carboxylic acid groups (broad SMARTS) is 1. The molecule has 0 aliphatic carbocycles. The second kappa shape index (κ2) is 4.86. The molecule has 0 bridgehead atoms. The third-order valence-electron chi connectivity index (χ3n) is 1.83. The van der Waals surface area contributed by atoms with Gasteiger partial charge in [0.2, 0.25) is 0 Å². The monoisotopic (exact) mass is 246 g/mol. The molecule has 0 saturated heterocycles. The van der Waals surface area contributed by atoms with E-state index in [1.54, 1.807) is 6.07 Å². The molecule has 0 saturated carbocycles. The molecule has 0 fully saturated rings. The molecule has 0 spiro atoms. The van der Waals surface area contributed by atoms with Crippen molar-refractivity contribution >= 4 is 17.6 Å². The molecule has 1 rings (SSSR count). The molecule has 0 unspecified atom stereocenters. The van der Waals surface area contributed by atoms with Gasteiger partial charge in [-0.3, -0.25) is 0 Å². The van der Waals surface area contributed by atoms with E-state index in [0.29, 0.717) is 0 Å². The van der Waals surface area contributed by atoms with Crippen LogP contribution in [0.25, 0.3) is 0 Å². The maximum Gasteiger partial charge on any atom is 0.336 e. The molecule has 1 heterocycles.